The summed E-state index contributed by atoms with van der Waals surface area (Å²) in [6, 6.07) is 3.60. The molecule has 0 fully saturated rings. The van der Waals surface area contributed by atoms with Gasteiger partial charge >= 0.3 is 12.1 Å². The van der Waals surface area contributed by atoms with Crippen LogP contribution in [0.15, 0.2) is 24.3 Å². The SMILES string of the molecule is Nc1nc(N)nc(COC(=O)c2ccc(C(F)(F)F)cc2)n1. The molecule has 0 saturated carbocycles. The minimum absolute atomic E-state index is 0.0326. The molecule has 0 amide bonds. The molecular formula is C12H10F3N5O2. The Morgan fingerprint density at radius 3 is 2.09 bits per heavy atom. The van der Waals surface area contributed by atoms with Crippen molar-refractivity contribution in [1.82, 2.24) is 15.0 Å². The molecule has 0 atom stereocenters. The smallest absolute Gasteiger partial charge is 0.416 e. The average molecular weight is 313 g/mol. The van der Waals surface area contributed by atoms with Gasteiger partial charge in [-0.05, 0) is 24.3 Å². The molecule has 0 bridgehead atoms. The number of nitrogens with two attached hydrogens (primary N) is 2. The van der Waals surface area contributed by atoms with Crippen LogP contribution in [0.4, 0.5) is 25.1 Å². The standard InChI is InChI=1S/C12H10F3N5O2/c13-12(14,15)7-3-1-6(2-4-7)9(21)22-5-8-18-10(16)20-11(17)19-8/h1-4H,5H2,(H4,16,17,18,19,20). The summed E-state index contributed by atoms with van der Waals surface area (Å²) in [5, 5.41) is 0. The first kappa shape index (κ1) is 15.5. The highest BCUT2D eigenvalue weighted by atomic mass is 19.4. The number of nitrogens with zero attached hydrogens (tertiary/aromatic N) is 3. The van der Waals surface area contributed by atoms with Crippen molar-refractivity contribution in [2.24, 2.45) is 0 Å². The topological polar surface area (TPSA) is 117 Å². The van der Waals surface area contributed by atoms with Gasteiger partial charge < -0.3 is 16.2 Å². The lowest BCUT2D eigenvalue weighted by Gasteiger charge is -2.08. The van der Waals surface area contributed by atoms with Crippen LogP contribution in [0.3, 0.4) is 0 Å². The van der Waals surface area contributed by atoms with E-state index in [9.17, 15) is 18.0 Å². The van der Waals surface area contributed by atoms with Crippen LogP contribution in [0.25, 0.3) is 0 Å². The number of anilines is 2. The van der Waals surface area contributed by atoms with Gasteiger partial charge in [0.15, 0.2) is 12.4 Å². The van der Waals surface area contributed by atoms with E-state index in [0.29, 0.717) is 0 Å². The van der Waals surface area contributed by atoms with Crippen molar-refractivity contribution >= 4 is 17.9 Å². The number of nitrogen functional groups attached to an aromatic ring is 2. The molecule has 10 heteroatoms. The number of halogens is 3. The number of hydrogen-bond donors (Lipinski definition) is 2. The Labute approximate surface area is 122 Å². The first-order chi connectivity index (χ1) is 10.3. The lowest BCUT2D eigenvalue weighted by atomic mass is 10.1. The van der Waals surface area contributed by atoms with Crippen LogP contribution in [0, 0.1) is 0 Å². The third-order valence-electron chi connectivity index (χ3n) is 2.50. The number of hydrogen-bond acceptors (Lipinski definition) is 7. The Hall–Kier alpha value is -2.91. The first-order valence-corrected chi connectivity index (χ1v) is 5.86. The molecule has 116 valence electrons. The molecule has 4 N–H and O–H groups in total. The highest BCUT2D eigenvalue weighted by Gasteiger charge is 2.30. The third-order valence-corrected chi connectivity index (χ3v) is 2.50. The number of rotatable bonds is 3. The normalized spacial score (nSPS) is 11.2. The van der Waals surface area contributed by atoms with E-state index in [4.69, 9.17) is 16.2 Å². The van der Waals surface area contributed by atoms with Crippen molar-refractivity contribution in [3.05, 3.63) is 41.2 Å². The molecule has 1 aromatic heterocycles. The van der Waals surface area contributed by atoms with Crippen molar-refractivity contribution in [2.75, 3.05) is 11.5 Å². The van der Waals surface area contributed by atoms with Gasteiger partial charge in [0.2, 0.25) is 11.9 Å². The highest BCUT2D eigenvalue weighted by molar-refractivity contribution is 5.89. The van der Waals surface area contributed by atoms with Gasteiger partial charge in [0.1, 0.15) is 0 Å². The Morgan fingerprint density at radius 1 is 1.05 bits per heavy atom. The maximum atomic E-state index is 12.4. The second-order valence-electron chi connectivity index (χ2n) is 4.12. The summed E-state index contributed by atoms with van der Waals surface area (Å²) in [4.78, 5) is 22.6. The maximum absolute atomic E-state index is 12.4. The predicted molar refractivity (Wildman–Crippen MR) is 69.2 cm³/mol. The van der Waals surface area contributed by atoms with Crippen molar-refractivity contribution in [3.8, 4) is 0 Å². The molecule has 22 heavy (non-hydrogen) atoms. The zero-order valence-corrected chi connectivity index (χ0v) is 11.0. The van der Waals surface area contributed by atoms with Gasteiger partial charge in [-0.25, -0.2) is 4.79 Å². The number of esters is 1. The first-order valence-electron chi connectivity index (χ1n) is 5.86. The minimum atomic E-state index is -4.47. The number of ether oxygens (including phenoxy) is 1. The van der Waals surface area contributed by atoms with Crippen molar-refractivity contribution in [1.29, 1.82) is 0 Å². The Morgan fingerprint density at radius 2 is 1.59 bits per heavy atom. The van der Waals surface area contributed by atoms with Crippen LogP contribution in [0.2, 0.25) is 0 Å². The van der Waals surface area contributed by atoms with E-state index in [1.165, 1.54) is 0 Å². The second-order valence-corrected chi connectivity index (χ2v) is 4.12. The van der Waals surface area contributed by atoms with Gasteiger partial charge in [0.25, 0.3) is 0 Å². The van der Waals surface area contributed by atoms with Crippen LogP contribution in [-0.4, -0.2) is 20.9 Å². The van der Waals surface area contributed by atoms with Gasteiger partial charge in [-0.3, -0.25) is 0 Å². The zero-order chi connectivity index (χ0) is 16.3. The van der Waals surface area contributed by atoms with E-state index >= 15 is 0 Å². The molecule has 2 rings (SSSR count). The van der Waals surface area contributed by atoms with Gasteiger partial charge in [0.05, 0.1) is 11.1 Å². The summed E-state index contributed by atoms with van der Waals surface area (Å²) >= 11 is 0. The number of carbonyl (C=O) groups is 1. The van der Waals surface area contributed by atoms with Crippen molar-refractivity contribution in [2.45, 2.75) is 12.8 Å². The predicted octanol–water partition coefficient (Wildman–Crippen LogP) is 1.41. The fourth-order valence-electron chi connectivity index (χ4n) is 1.53. The molecule has 0 saturated heterocycles. The number of carbonyl (C=O) groups excluding carboxylic acids is 1. The lowest BCUT2D eigenvalue weighted by Crippen LogP contribution is -2.11. The molecular weight excluding hydrogens is 303 g/mol. The van der Waals surface area contributed by atoms with E-state index in [2.05, 4.69) is 15.0 Å². The Balaban J connectivity index is 2.03. The molecule has 0 aliphatic rings. The molecule has 0 spiro atoms. The molecule has 1 aromatic carbocycles. The van der Waals surface area contributed by atoms with Crippen LogP contribution in [-0.2, 0) is 17.5 Å². The molecule has 0 radical (unpaired) electrons. The molecule has 7 nitrogen and oxygen atoms in total. The van der Waals surface area contributed by atoms with E-state index in [1.807, 2.05) is 0 Å². The van der Waals surface area contributed by atoms with E-state index in [1.54, 1.807) is 0 Å². The molecule has 2 aromatic rings. The van der Waals surface area contributed by atoms with Gasteiger partial charge in [-0.1, -0.05) is 0 Å². The minimum Gasteiger partial charge on any atom is -0.454 e. The quantitative estimate of drug-likeness (QED) is 0.823. The maximum Gasteiger partial charge on any atom is 0.416 e. The monoisotopic (exact) mass is 313 g/mol. The van der Waals surface area contributed by atoms with Crippen molar-refractivity contribution in [3.63, 3.8) is 0 Å². The number of alkyl halides is 3. The summed E-state index contributed by atoms with van der Waals surface area (Å²) < 4.78 is 42.1. The average Bonchev–Trinajstić information content (AvgIpc) is 2.43. The summed E-state index contributed by atoms with van der Waals surface area (Å²) in [5.41, 5.74) is 9.79. The molecule has 0 unspecified atom stereocenters. The van der Waals surface area contributed by atoms with Gasteiger partial charge in [-0.15, -0.1) is 0 Å². The molecule has 0 aliphatic carbocycles. The fraction of sp³-hybridized carbons (Fsp3) is 0.167. The second kappa shape index (κ2) is 5.84. The number of aromatic nitrogens is 3. The van der Waals surface area contributed by atoms with E-state index in [0.717, 1.165) is 24.3 Å². The fourth-order valence-corrected chi connectivity index (χ4v) is 1.53. The summed E-state index contributed by atoms with van der Waals surface area (Å²) in [7, 11) is 0. The Kier molecular flexibility index (Phi) is 4.11. The van der Waals surface area contributed by atoms with Crippen LogP contribution in [0.5, 0.6) is 0 Å². The van der Waals surface area contributed by atoms with Crippen molar-refractivity contribution < 1.29 is 22.7 Å². The summed E-state index contributed by atoms with van der Waals surface area (Å²) in [6.07, 6.45) is -4.47. The van der Waals surface area contributed by atoms with Crippen LogP contribution < -0.4 is 11.5 Å². The third kappa shape index (κ3) is 3.81. The van der Waals surface area contributed by atoms with Gasteiger partial charge in [0, 0.05) is 0 Å². The Bertz CT molecular complexity index is 668. The summed E-state index contributed by atoms with van der Waals surface area (Å²) in [6.45, 7) is -0.337. The van der Waals surface area contributed by atoms with E-state index in [-0.39, 0.29) is 29.9 Å². The molecule has 0 aliphatic heterocycles. The van der Waals surface area contributed by atoms with Crippen LogP contribution in [0.1, 0.15) is 21.7 Å². The zero-order valence-electron chi connectivity index (χ0n) is 11.0. The summed E-state index contributed by atoms with van der Waals surface area (Å²) in [5.74, 6) is -1.06. The van der Waals surface area contributed by atoms with E-state index < -0.39 is 17.7 Å². The highest BCUT2D eigenvalue weighted by Crippen LogP contribution is 2.29. The lowest BCUT2D eigenvalue weighted by molar-refractivity contribution is -0.137. The van der Waals surface area contributed by atoms with Gasteiger partial charge in [-0.2, -0.15) is 28.1 Å². The largest absolute Gasteiger partial charge is 0.454 e. The number of benzene rings is 1. The van der Waals surface area contributed by atoms with Crippen LogP contribution >= 0.6 is 0 Å². The molecule has 1 heterocycles.